The second kappa shape index (κ2) is 11.7. The number of rotatable bonds is 11. The van der Waals surface area contributed by atoms with E-state index in [0.717, 1.165) is 57.3 Å². The van der Waals surface area contributed by atoms with E-state index < -0.39 is 6.10 Å². The molecule has 1 aliphatic rings. The van der Waals surface area contributed by atoms with E-state index in [1.165, 1.54) is 11.1 Å². The van der Waals surface area contributed by atoms with E-state index in [1.54, 1.807) is 0 Å². The molecule has 1 fully saturated rings. The van der Waals surface area contributed by atoms with Crippen molar-refractivity contribution in [2.24, 2.45) is 0 Å². The zero-order valence-corrected chi connectivity index (χ0v) is 19.4. The summed E-state index contributed by atoms with van der Waals surface area (Å²) in [6.45, 7) is 10.9. The van der Waals surface area contributed by atoms with Crippen LogP contribution in [0.25, 0.3) is 0 Å². The fourth-order valence-corrected chi connectivity index (χ4v) is 3.84. The Bertz CT molecular complexity index is 774. The van der Waals surface area contributed by atoms with Crippen LogP contribution in [0.15, 0.2) is 48.5 Å². The van der Waals surface area contributed by atoms with Crippen molar-refractivity contribution in [1.29, 1.82) is 0 Å². The van der Waals surface area contributed by atoms with Crippen LogP contribution in [-0.2, 0) is 5.41 Å². The average molecular weight is 447 g/mol. The van der Waals surface area contributed by atoms with E-state index in [9.17, 15) is 5.11 Å². The number of aliphatic hydroxyl groups is 1. The van der Waals surface area contributed by atoms with Gasteiger partial charge in [0.05, 0.1) is 12.5 Å². The Balaban J connectivity index is 1.50. The monoisotopic (exact) mass is 446 g/mol. The number of piperazine rings is 1. The molecule has 0 radical (unpaired) electrons. The predicted octanol–water partition coefficient (Wildman–Crippen LogP) is 3.67. The standard InChI is InChI=1S/C25H35ClN2O3/c1-25(2,21-6-10-24(11-7-21)31-19-22(29)18-26)20-4-8-23(9-5-20)30-17-3-14-28-15-12-27-13-16-28/h4-11,22,27,29H,3,12-19H2,1-2H3. The summed E-state index contributed by atoms with van der Waals surface area (Å²) in [5.41, 5.74) is 2.28. The highest BCUT2D eigenvalue weighted by atomic mass is 35.5. The number of ether oxygens (including phenoxy) is 2. The van der Waals surface area contributed by atoms with Gasteiger partial charge in [-0.05, 0) is 41.8 Å². The summed E-state index contributed by atoms with van der Waals surface area (Å²) in [6, 6.07) is 16.4. The van der Waals surface area contributed by atoms with Crippen LogP contribution in [0.3, 0.4) is 0 Å². The first-order valence-corrected chi connectivity index (χ1v) is 11.7. The molecule has 5 nitrogen and oxygen atoms in total. The van der Waals surface area contributed by atoms with E-state index in [4.69, 9.17) is 21.1 Å². The van der Waals surface area contributed by atoms with E-state index in [-0.39, 0.29) is 17.9 Å². The second-order valence-electron chi connectivity index (χ2n) is 8.59. The molecule has 2 N–H and O–H groups in total. The molecule has 0 bridgehead atoms. The van der Waals surface area contributed by atoms with E-state index in [2.05, 4.69) is 60.5 Å². The highest BCUT2D eigenvalue weighted by Gasteiger charge is 2.23. The van der Waals surface area contributed by atoms with Gasteiger partial charge in [0, 0.05) is 38.1 Å². The summed E-state index contributed by atoms with van der Waals surface area (Å²) in [4.78, 5) is 2.49. The van der Waals surface area contributed by atoms with Crippen LogP contribution in [0.2, 0.25) is 0 Å². The van der Waals surface area contributed by atoms with Crippen molar-refractivity contribution in [3.8, 4) is 11.5 Å². The van der Waals surface area contributed by atoms with E-state index in [0.29, 0.717) is 0 Å². The van der Waals surface area contributed by atoms with Gasteiger partial charge in [0.15, 0.2) is 0 Å². The quantitative estimate of drug-likeness (QED) is 0.407. The average Bonchev–Trinajstić information content (AvgIpc) is 2.81. The van der Waals surface area contributed by atoms with Gasteiger partial charge in [-0.2, -0.15) is 0 Å². The molecule has 0 saturated carbocycles. The Morgan fingerprint density at radius 3 is 2.06 bits per heavy atom. The molecule has 2 aromatic rings. The molecule has 6 heteroatoms. The van der Waals surface area contributed by atoms with Crippen molar-refractivity contribution in [3.63, 3.8) is 0 Å². The Kier molecular flexibility index (Phi) is 9.02. The minimum Gasteiger partial charge on any atom is -0.494 e. The van der Waals surface area contributed by atoms with Gasteiger partial charge >= 0.3 is 0 Å². The SMILES string of the molecule is CC(C)(c1ccc(OCCCN2CCNCC2)cc1)c1ccc(OCC(O)CCl)cc1. The van der Waals surface area contributed by atoms with Crippen LogP contribution in [0, 0.1) is 0 Å². The highest BCUT2D eigenvalue weighted by Crippen LogP contribution is 2.33. The zero-order valence-electron chi connectivity index (χ0n) is 18.6. The predicted molar refractivity (Wildman–Crippen MR) is 127 cm³/mol. The number of alkyl halides is 1. The number of halogens is 1. The van der Waals surface area contributed by atoms with Crippen molar-refractivity contribution in [2.75, 3.05) is 51.8 Å². The maximum Gasteiger partial charge on any atom is 0.119 e. The number of aliphatic hydroxyl groups excluding tert-OH is 1. The van der Waals surface area contributed by atoms with Gasteiger partial charge in [-0.1, -0.05) is 38.1 Å². The summed E-state index contributed by atoms with van der Waals surface area (Å²) < 4.78 is 11.5. The maximum absolute atomic E-state index is 9.53. The molecule has 1 heterocycles. The smallest absolute Gasteiger partial charge is 0.119 e. The Morgan fingerprint density at radius 1 is 0.968 bits per heavy atom. The Labute approximate surface area is 191 Å². The molecule has 31 heavy (non-hydrogen) atoms. The first-order chi connectivity index (χ1) is 15.0. The largest absolute Gasteiger partial charge is 0.494 e. The molecular weight excluding hydrogens is 412 g/mol. The summed E-state index contributed by atoms with van der Waals surface area (Å²) in [5.74, 6) is 1.82. The third-order valence-corrected chi connectivity index (χ3v) is 6.23. The molecule has 0 spiro atoms. The maximum atomic E-state index is 9.53. The van der Waals surface area contributed by atoms with Crippen LogP contribution >= 0.6 is 11.6 Å². The molecule has 0 aromatic heterocycles. The summed E-state index contributed by atoms with van der Waals surface area (Å²) in [6.07, 6.45) is 0.393. The molecule has 2 aromatic carbocycles. The van der Waals surface area contributed by atoms with Gasteiger partial charge in [0.25, 0.3) is 0 Å². The first-order valence-electron chi connectivity index (χ1n) is 11.1. The molecule has 0 aliphatic carbocycles. The summed E-state index contributed by atoms with van der Waals surface area (Å²) in [7, 11) is 0. The van der Waals surface area contributed by atoms with Crippen molar-refractivity contribution in [3.05, 3.63) is 59.7 Å². The number of hydrogen-bond acceptors (Lipinski definition) is 5. The lowest BCUT2D eigenvalue weighted by Crippen LogP contribution is -2.43. The number of nitrogens with one attached hydrogen (secondary N) is 1. The van der Waals surface area contributed by atoms with Crippen LogP contribution in [0.1, 0.15) is 31.4 Å². The zero-order chi connectivity index (χ0) is 22.1. The Hall–Kier alpha value is -1.79. The molecule has 1 atom stereocenters. The van der Waals surface area contributed by atoms with Crippen molar-refractivity contribution < 1.29 is 14.6 Å². The van der Waals surface area contributed by atoms with Crippen molar-refractivity contribution >= 4 is 11.6 Å². The lowest BCUT2D eigenvalue weighted by molar-refractivity contribution is 0.125. The minimum absolute atomic E-state index is 0.144. The van der Waals surface area contributed by atoms with Gasteiger partial charge in [0.1, 0.15) is 24.2 Å². The van der Waals surface area contributed by atoms with E-state index in [1.807, 2.05) is 12.1 Å². The molecule has 0 amide bonds. The fraction of sp³-hybridized carbons (Fsp3) is 0.520. The molecular formula is C25H35ClN2O3. The highest BCUT2D eigenvalue weighted by molar-refractivity contribution is 6.18. The summed E-state index contributed by atoms with van der Waals surface area (Å²) in [5, 5.41) is 12.9. The van der Waals surface area contributed by atoms with Gasteiger partial charge < -0.3 is 24.8 Å². The molecule has 170 valence electrons. The lowest BCUT2D eigenvalue weighted by Gasteiger charge is -2.27. The van der Waals surface area contributed by atoms with Gasteiger partial charge in [-0.15, -0.1) is 11.6 Å². The van der Waals surface area contributed by atoms with Crippen LogP contribution < -0.4 is 14.8 Å². The van der Waals surface area contributed by atoms with Crippen molar-refractivity contribution in [2.45, 2.75) is 31.8 Å². The van der Waals surface area contributed by atoms with E-state index >= 15 is 0 Å². The second-order valence-corrected chi connectivity index (χ2v) is 8.90. The first kappa shape index (κ1) is 23.9. The number of benzene rings is 2. The van der Waals surface area contributed by atoms with Gasteiger partial charge in [0.2, 0.25) is 0 Å². The Morgan fingerprint density at radius 2 is 1.52 bits per heavy atom. The van der Waals surface area contributed by atoms with Gasteiger partial charge in [-0.3, -0.25) is 0 Å². The lowest BCUT2D eigenvalue weighted by atomic mass is 9.78. The normalized spacial score (nSPS) is 16.1. The number of hydrogen-bond donors (Lipinski definition) is 2. The van der Waals surface area contributed by atoms with Crippen LogP contribution in [0.5, 0.6) is 11.5 Å². The van der Waals surface area contributed by atoms with Crippen LogP contribution in [-0.4, -0.2) is 67.9 Å². The third-order valence-electron chi connectivity index (χ3n) is 5.87. The van der Waals surface area contributed by atoms with Gasteiger partial charge in [-0.25, -0.2) is 0 Å². The molecule has 1 aliphatic heterocycles. The summed E-state index contributed by atoms with van der Waals surface area (Å²) >= 11 is 5.61. The van der Waals surface area contributed by atoms with Crippen molar-refractivity contribution in [1.82, 2.24) is 10.2 Å². The fourth-order valence-electron chi connectivity index (χ4n) is 3.75. The molecule has 1 saturated heterocycles. The number of nitrogens with zero attached hydrogens (tertiary/aromatic N) is 1. The molecule has 3 rings (SSSR count). The topological polar surface area (TPSA) is 54.0 Å². The van der Waals surface area contributed by atoms with Crippen LogP contribution in [0.4, 0.5) is 0 Å². The minimum atomic E-state index is -0.652. The molecule has 1 unspecified atom stereocenters. The third kappa shape index (κ3) is 7.11.